The molecular formula is C19H20ClNO2. The lowest BCUT2D eigenvalue weighted by molar-refractivity contribution is 0.103. The van der Waals surface area contributed by atoms with Crippen LogP contribution in [0.3, 0.4) is 0 Å². The maximum absolute atomic E-state index is 12.6. The molecule has 0 N–H and O–H groups in total. The zero-order valence-corrected chi connectivity index (χ0v) is 14.0. The molecule has 3 rings (SSSR count). The highest BCUT2D eigenvalue weighted by Crippen LogP contribution is 2.25. The highest BCUT2D eigenvalue weighted by Gasteiger charge is 2.16. The third kappa shape index (κ3) is 3.74. The number of halogens is 1. The quantitative estimate of drug-likeness (QED) is 0.771. The van der Waals surface area contributed by atoms with Crippen LogP contribution < -0.4 is 4.74 Å². The van der Waals surface area contributed by atoms with Crippen molar-refractivity contribution in [2.75, 3.05) is 20.2 Å². The van der Waals surface area contributed by atoms with Gasteiger partial charge in [-0.1, -0.05) is 23.7 Å². The minimum absolute atomic E-state index is 0.0207. The topological polar surface area (TPSA) is 29.5 Å². The second-order valence-corrected chi connectivity index (χ2v) is 6.28. The van der Waals surface area contributed by atoms with Gasteiger partial charge in [0.2, 0.25) is 0 Å². The van der Waals surface area contributed by atoms with E-state index >= 15 is 0 Å². The molecule has 0 bridgehead atoms. The number of methoxy groups -OCH3 is 1. The van der Waals surface area contributed by atoms with Crippen LogP contribution in [0, 0.1) is 0 Å². The van der Waals surface area contributed by atoms with Crippen molar-refractivity contribution in [2.45, 2.75) is 19.4 Å². The lowest BCUT2D eigenvalue weighted by atomic mass is 10.0. The maximum Gasteiger partial charge on any atom is 0.193 e. The zero-order valence-electron chi connectivity index (χ0n) is 13.2. The monoisotopic (exact) mass is 329 g/mol. The first-order valence-corrected chi connectivity index (χ1v) is 8.25. The summed E-state index contributed by atoms with van der Waals surface area (Å²) < 4.78 is 5.50. The molecule has 1 fully saturated rings. The van der Waals surface area contributed by atoms with Crippen LogP contribution in [0.15, 0.2) is 42.5 Å². The molecule has 1 heterocycles. The molecule has 1 saturated heterocycles. The van der Waals surface area contributed by atoms with Gasteiger partial charge >= 0.3 is 0 Å². The summed E-state index contributed by atoms with van der Waals surface area (Å²) in [5.74, 6) is 0.754. The predicted molar refractivity (Wildman–Crippen MR) is 92.4 cm³/mol. The molecule has 3 nitrogen and oxygen atoms in total. The highest BCUT2D eigenvalue weighted by molar-refractivity contribution is 6.30. The summed E-state index contributed by atoms with van der Waals surface area (Å²) in [4.78, 5) is 15.0. The molecule has 2 aromatic carbocycles. The minimum atomic E-state index is -0.0207. The summed E-state index contributed by atoms with van der Waals surface area (Å²) in [6.07, 6.45) is 2.52. The fourth-order valence-electron chi connectivity index (χ4n) is 2.97. The highest BCUT2D eigenvalue weighted by atomic mass is 35.5. The van der Waals surface area contributed by atoms with Gasteiger partial charge in [0, 0.05) is 28.3 Å². The normalized spacial score (nSPS) is 14.9. The molecule has 0 radical (unpaired) electrons. The summed E-state index contributed by atoms with van der Waals surface area (Å²) in [6.45, 7) is 3.14. The van der Waals surface area contributed by atoms with E-state index in [-0.39, 0.29) is 5.78 Å². The Bertz CT molecular complexity index is 691. The lowest BCUT2D eigenvalue weighted by Crippen LogP contribution is -2.19. The number of carbonyl (C=O) groups is 1. The van der Waals surface area contributed by atoms with Gasteiger partial charge in [-0.25, -0.2) is 0 Å². The molecule has 2 aromatic rings. The largest absolute Gasteiger partial charge is 0.496 e. The molecule has 23 heavy (non-hydrogen) atoms. The van der Waals surface area contributed by atoms with Crippen LogP contribution in [0.5, 0.6) is 5.75 Å². The molecule has 1 aliphatic heterocycles. The Morgan fingerprint density at radius 1 is 1.09 bits per heavy atom. The van der Waals surface area contributed by atoms with E-state index in [4.69, 9.17) is 16.3 Å². The lowest BCUT2D eigenvalue weighted by Gasteiger charge is -2.17. The number of rotatable bonds is 5. The number of carbonyl (C=O) groups excluding carboxylic acids is 1. The van der Waals surface area contributed by atoms with Crippen molar-refractivity contribution in [2.24, 2.45) is 0 Å². The van der Waals surface area contributed by atoms with Crippen molar-refractivity contribution in [1.82, 2.24) is 4.90 Å². The third-order valence-corrected chi connectivity index (χ3v) is 4.50. The fraction of sp³-hybridized carbons (Fsp3) is 0.316. The molecule has 0 unspecified atom stereocenters. The van der Waals surface area contributed by atoms with E-state index in [1.807, 2.05) is 18.2 Å². The molecule has 0 aliphatic carbocycles. The molecule has 0 amide bonds. The first-order valence-electron chi connectivity index (χ1n) is 7.87. The first-order chi connectivity index (χ1) is 11.2. The average Bonchev–Trinajstić information content (AvgIpc) is 3.08. The number of benzene rings is 2. The van der Waals surface area contributed by atoms with Gasteiger partial charge in [0.05, 0.1) is 7.11 Å². The number of hydrogen-bond acceptors (Lipinski definition) is 3. The Labute approximate surface area is 141 Å². The van der Waals surface area contributed by atoms with Gasteiger partial charge in [-0.05, 0) is 56.3 Å². The van der Waals surface area contributed by atoms with Crippen molar-refractivity contribution in [3.8, 4) is 5.75 Å². The van der Waals surface area contributed by atoms with Crippen LogP contribution in [0.1, 0.15) is 34.3 Å². The summed E-state index contributed by atoms with van der Waals surface area (Å²) in [6, 6.07) is 12.7. The fourth-order valence-corrected chi connectivity index (χ4v) is 3.09. The van der Waals surface area contributed by atoms with Crippen LogP contribution in [0.2, 0.25) is 5.02 Å². The van der Waals surface area contributed by atoms with E-state index in [9.17, 15) is 4.79 Å². The summed E-state index contributed by atoms with van der Waals surface area (Å²) in [7, 11) is 1.65. The summed E-state index contributed by atoms with van der Waals surface area (Å²) >= 11 is 5.88. The Morgan fingerprint density at radius 3 is 2.39 bits per heavy atom. The van der Waals surface area contributed by atoms with Crippen molar-refractivity contribution >= 4 is 17.4 Å². The molecule has 0 atom stereocenters. The Kier molecular flexibility index (Phi) is 4.99. The number of hydrogen-bond donors (Lipinski definition) is 0. The second kappa shape index (κ2) is 7.16. The van der Waals surface area contributed by atoms with Crippen molar-refractivity contribution in [1.29, 1.82) is 0 Å². The zero-order chi connectivity index (χ0) is 16.2. The van der Waals surface area contributed by atoms with Crippen molar-refractivity contribution < 1.29 is 9.53 Å². The number of likely N-dealkylation sites (tertiary alicyclic amines) is 1. The molecule has 1 aliphatic rings. The Balaban J connectivity index is 1.82. The molecule has 0 spiro atoms. The minimum Gasteiger partial charge on any atom is -0.496 e. The number of ketones is 1. The van der Waals surface area contributed by atoms with E-state index in [1.165, 1.54) is 12.8 Å². The Hall–Kier alpha value is -1.84. The molecule has 0 aromatic heterocycles. The standard InChI is InChI=1S/C19H20ClNO2/c1-23-18-12-15(19(22)14-6-8-17(20)9-7-14)4-5-16(18)13-21-10-2-3-11-21/h4-9,12H,2-3,10-11,13H2,1H3. The van der Waals surface area contributed by atoms with Crippen LogP contribution >= 0.6 is 11.6 Å². The SMILES string of the molecule is COc1cc(C(=O)c2ccc(Cl)cc2)ccc1CN1CCCC1. The van der Waals surface area contributed by atoms with E-state index in [0.29, 0.717) is 16.1 Å². The molecule has 0 saturated carbocycles. The van der Waals surface area contributed by atoms with Crippen molar-refractivity contribution in [3.63, 3.8) is 0 Å². The van der Waals surface area contributed by atoms with E-state index in [2.05, 4.69) is 4.90 Å². The van der Waals surface area contributed by atoms with Gasteiger partial charge in [0.15, 0.2) is 5.78 Å². The first kappa shape index (κ1) is 16.0. The van der Waals surface area contributed by atoms with E-state index in [0.717, 1.165) is 30.9 Å². The van der Waals surface area contributed by atoms with Gasteiger partial charge in [-0.15, -0.1) is 0 Å². The predicted octanol–water partition coefficient (Wildman–Crippen LogP) is 4.18. The summed E-state index contributed by atoms with van der Waals surface area (Å²) in [5, 5.41) is 0.625. The van der Waals surface area contributed by atoms with Crippen LogP contribution in [-0.4, -0.2) is 30.9 Å². The second-order valence-electron chi connectivity index (χ2n) is 5.85. The smallest absolute Gasteiger partial charge is 0.193 e. The molecule has 4 heteroatoms. The number of nitrogens with zero attached hydrogens (tertiary/aromatic N) is 1. The van der Waals surface area contributed by atoms with E-state index < -0.39 is 0 Å². The summed E-state index contributed by atoms with van der Waals surface area (Å²) in [5.41, 5.74) is 2.39. The molecular weight excluding hydrogens is 310 g/mol. The average molecular weight is 330 g/mol. The van der Waals surface area contributed by atoms with Gasteiger partial charge in [0.1, 0.15) is 5.75 Å². The van der Waals surface area contributed by atoms with Gasteiger partial charge in [-0.3, -0.25) is 9.69 Å². The van der Waals surface area contributed by atoms with Gasteiger partial charge in [0.25, 0.3) is 0 Å². The number of ether oxygens (including phenoxy) is 1. The third-order valence-electron chi connectivity index (χ3n) is 4.25. The van der Waals surface area contributed by atoms with Gasteiger partial charge < -0.3 is 4.74 Å². The van der Waals surface area contributed by atoms with Crippen LogP contribution in [0.25, 0.3) is 0 Å². The van der Waals surface area contributed by atoms with Crippen molar-refractivity contribution in [3.05, 3.63) is 64.2 Å². The molecule has 120 valence electrons. The van der Waals surface area contributed by atoms with Gasteiger partial charge in [-0.2, -0.15) is 0 Å². The van der Waals surface area contributed by atoms with Crippen LogP contribution in [0.4, 0.5) is 0 Å². The maximum atomic E-state index is 12.6. The Morgan fingerprint density at radius 2 is 1.74 bits per heavy atom. The van der Waals surface area contributed by atoms with Crippen LogP contribution in [-0.2, 0) is 6.54 Å². The van der Waals surface area contributed by atoms with E-state index in [1.54, 1.807) is 31.4 Å².